The van der Waals surface area contributed by atoms with E-state index < -0.39 is 0 Å². The van der Waals surface area contributed by atoms with E-state index in [0.29, 0.717) is 30.0 Å². The largest absolute Gasteiger partial charge is 0.362 e. The van der Waals surface area contributed by atoms with Crippen molar-refractivity contribution in [2.45, 2.75) is 31.7 Å². The minimum absolute atomic E-state index is 0.0215. The summed E-state index contributed by atoms with van der Waals surface area (Å²) in [6.07, 6.45) is 5.97. The molecule has 0 bridgehead atoms. The second-order valence-electron chi connectivity index (χ2n) is 9.27. The predicted octanol–water partition coefficient (Wildman–Crippen LogP) is 4.64. The first kappa shape index (κ1) is 22.1. The molecule has 2 aromatic heterocycles. The standard InChI is InChI=1S/C27H30N6O/c1-33(2)25-22-7-3-4-8-24(22)31-27(32-25)30-21-12-9-18(10-13-21)17-29-26(34)20-11-14-23-19(16-20)6-5-15-28-23/h3-8,11,14-16,18,21H,9-10,12-13,17H2,1-2H3,(H,29,34)(H,30,31,32)/t18-,21+. The number of benzene rings is 2. The van der Waals surface area contributed by atoms with Gasteiger partial charge in [0.1, 0.15) is 5.82 Å². The maximum atomic E-state index is 12.7. The molecule has 0 radical (unpaired) electrons. The van der Waals surface area contributed by atoms with Crippen molar-refractivity contribution in [1.29, 1.82) is 0 Å². The molecule has 174 valence electrons. The van der Waals surface area contributed by atoms with Crippen molar-refractivity contribution in [1.82, 2.24) is 20.3 Å². The van der Waals surface area contributed by atoms with Gasteiger partial charge in [0, 0.05) is 49.2 Å². The summed E-state index contributed by atoms with van der Waals surface area (Å²) in [5.41, 5.74) is 2.53. The number of para-hydroxylation sites is 1. The van der Waals surface area contributed by atoms with Crippen LogP contribution in [0.3, 0.4) is 0 Å². The van der Waals surface area contributed by atoms with Crippen LogP contribution >= 0.6 is 0 Å². The number of nitrogens with zero attached hydrogens (tertiary/aromatic N) is 4. The number of carbonyl (C=O) groups is 1. The highest BCUT2D eigenvalue weighted by Crippen LogP contribution is 2.28. The van der Waals surface area contributed by atoms with Crippen molar-refractivity contribution in [3.8, 4) is 0 Å². The molecule has 5 rings (SSSR count). The third-order valence-electron chi connectivity index (χ3n) is 6.60. The van der Waals surface area contributed by atoms with Gasteiger partial charge in [-0.1, -0.05) is 18.2 Å². The molecule has 2 N–H and O–H groups in total. The molecule has 1 saturated carbocycles. The van der Waals surface area contributed by atoms with Crippen LogP contribution in [0.15, 0.2) is 60.8 Å². The number of hydrogen-bond donors (Lipinski definition) is 2. The van der Waals surface area contributed by atoms with Crippen LogP contribution in [0.2, 0.25) is 0 Å². The van der Waals surface area contributed by atoms with Crippen LogP contribution in [0.25, 0.3) is 21.8 Å². The SMILES string of the molecule is CN(C)c1nc(N[C@H]2CC[C@@H](CNC(=O)c3ccc4ncccc4c3)CC2)nc2ccccc12. The number of pyridine rings is 1. The van der Waals surface area contributed by atoms with E-state index in [-0.39, 0.29) is 5.91 Å². The number of anilines is 2. The average molecular weight is 455 g/mol. The van der Waals surface area contributed by atoms with Gasteiger partial charge in [0.25, 0.3) is 5.91 Å². The lowest BCUT2D eigenvalue weighted by atomic mass is 9.86. The molecule has 0 atom stereocenters. The lowest BCUT2D eigenvalue weighted by Gasteiger charge is -2.29. The molecule has 2 aromatic carbocycles. The van der Waals surface area contributed by atoms with E-state index in [9.17, 15) is 4.79 Å². The van der Waals surface area contributed by atoms with Crippen molar-refractivity contribution >= 4 is 39.5 Å². The molecule has 1 amide bonds. The highest BCUT2D eigenvalue weighted by molar-refractivity contribution is 5.97. The Kier molecular flexibility index (Phi) is 6.25. The summed E-state index contributed by atoms with van der Waals surface area (Å²) in [7, 11) is 4.01. The molecule has 1 fully saturated rings. The maximum Gasteiger partial charge on any atom is 0.251 e. The van der Waals surface area contributed by atoms with Gasteiger partial charge in [-0.05, 0) is 68.0 Å². The number of amides is 1. The fraction of sp³-hybridized carbons (Fsp3) is 0.333. The summed E-state index contributed by atoms with van der Waals surface area (Å²) in [6.45, 7) is 0.702. The molecule has 7 heteroatoms. The van der Waals surface area contributed by atoms with Gasteiger partial charge < -0.3 is 15.5 Å². The van der Waals surface area contributed by atoms with E-state index in [2.05, 4.69) is 21.7 Å². The van der Waals surface area contributed by atoms with Crippen LogP contribution < -0.4 is 15.5 Å². The quantitative estimate of drug-likeness (QED) is 0.441. The summed E-state index contributed by atoms with van der Waals surface area (Å²) in [6, 6.07) is 18.0. The highest BCUT2D eigenvalue weighted by Gasteiger charge is 2.23. The summed E-state index contributed by atoms with van der Waals surface area (Å²) in [5, 5.41) is 8.72. The Hall–Kier alpha value is -3.74. The summed E-state index contributed by atoms with van der Waals surface area (Å²) < 4.78 is 0. The third kappa shape index (κ3) is 4.78. The number of carbonyl (C=O) groups excluding carboxylic acids is 1. The molecule has 0 unspecified atom stereocenters. The number of fused-ring (bicyclic) bond motifs is 2. The van der Waals surface area contributed by atoms with Crippen LogP contribution in [-0.4, -0.2) is 47.5 Å². The monoisotopic (exact) mass is 454 g/mol. The van der Waals surface area contributed by atoms with Crippen molar-refractivity contribution in [3.63, 3.8) is 0 Å². The van der Waals surface area contributed by atoms with Crippen molar-refractivity contribution < 1.29 is 4.79 Å². The molecule has 0 saturated heterocycles. The molecule has 7 nitrogen and oxygen atoms in total. The number of nitrogens with one attached hydrogen (secondary N) is 2. The van der Waals surface area contributed by atoms with Gasteiger partial charge in [0.05, 0.1) is 11.0 Å². The van der Waals surface area contributed by atoms with Gasteiger partial charge in [0.15, 0.2) is 0 Å². The van der Waals surface area contributed by atoms with Gasteiger partial charge in [-0.3, -0.25) is 9.78 Å². The van der Waals surface area contributed by atoms with Crippen LogP contribution in [-0.2, 0) is 0 Å². The Balaban J connectivity index is 1.15. The Bertz CT molecular complexity index is 1310. The molecule has 4 aromatic rings. The molecule has 2 heterocycles. The minimum Gasteiger partial charge on any atom is -0.362 e. The summed E-state index contributed by atoms with van der Waals surface area (Å²) in [4.78, 5) is 28.5. The molecule has 1 aliphatic rings. The molecular formula is C27H30N6O. The van der Waals surface area contributed by atoms with Gasteiger partial charge in [-0.15, -0.1) is 0 Å². The van der Waals surface area contributed by atoms with Crippen LogP contribution in [0.5, 0.6) is 0 Å². The summed E-state index contributed by atoms with van der Waals surface area (Å²) >= 11 is 0. The van der Waals surface area contributed by atoms with E-state index in [1.54, 1.807) is 6.20 Å². The lowest BCUT2D eigenvalue weighted by Crippen LogP contribution is -2.34. The van der Waals surface area contributed by atoms with E-state index in [0.717, 1.165) is 53.3 Å². The topological polar surface area (TPSA) is 83.0 Å². The third-order valence-corrected chi connectivity index (χ3v) is 6.60. The van der Waals surface area contributed by atoms with E-state index >= 15 is 0 Å². The zero-order valence-corrected chi connectivity index (χ0v) is 19.7. The average Bonchev–Trinajstić information content (AvgIpc) is 2.87. The Morgan fingerprint density at radius 1 is 0.971 bits per heavy atom. The molecule has 1 aliphatic carbocycles. The Morgan fingerprint density at radius 3 is 2.62 bits per heavy atom. The molecule has 34 heavy (non-hydrogen) atoms. The zero-order chi connectivity index (χ0) is 23.5. The zero-order valence-electron chi connectivity index (χ0n) is 19.7. The number of hydrogen-bond acceptors (Lipinski definition) is 6. The first-order valence-corrected chi connectivity index (χ1v) is 11.9. The van der Waals surface area contributed by atoms with Crippen LogP contribution in [0.1, 0.15) is 36.0 Å². The predicted molar refractivity (Wildman–Crippen MR) is 137 cm³/mol. The Morgan fingerprint density at radius 2 is 1.79 bits per heavy atom. The van der Waals surface area contributed by atoms with Crippen molar-refractivity contribution in [2.75, 3.05) is 30.9 Å². The second kappa shape index (κ2) is 9.63. The molecule has 0 aliphatic heterocycles. The molecular weight excluding hydrogens is 424 g/mol. The van der Waals surface area contributed by atoms with Gasteiger partial charge >= 0.3 is 0 Å². The van der Waals surface area contributed by atoms with Crippen LogP contribution in [0.4, 0.5) is 11.8 Å². The fourth-order valence-electron chi connectivity index (χ4n) is 4.71. The van der Waals surface area contributed by atoms with E-state index in [1.807, 2.05) is 67.5 Å². The van der Waals surface area contributed by atoms with Gasteiger partial charge in [-0.2, -0.15) is 4.98 Å². The van der Waals surface area contributed by atoms with Gasteiger partial charge in [-0.25, -0.2) is 4.98 Å². The van der Waals surface area contributed by atoms with Crippen molar-refractivity contribution in [3.05, 3.63) is 66.4 Å². The Labute approximate surface area is 199 Å². The summed E-state index contributed by atoms with van der Waals surface area (Å²) in [5.74, 6) is 2.07. The first-order chi connectivity index (χ1) is 16.6. The second-order valence-corrected chi connectivity index (χ2v) is 9.27. The van der Waals surface area contributed by atoms with Crippen molar-refractivity contribution in [2.24, 2.45) is 5.92 Å². The van der Waals surface area contributed by atoms with Crippen LogP contribution in [0, 0.1) is 5.92 Å². The lowest BCUT2D eigenvalue weighted by molar-refractivity contribution is 0.0943. The normalized spacial score (nSPS) is 18.1. The number of aromatic nitrogens is 3. The fourth-order valence-corrected chi connectivity index (χ4v) is 4.71. The minimum atomic E-state index is -0.0215. The van der Waals surface area contributed by atoms with E-state index in [1.165, 1.54) is 0 Å². The number of rotatable bonds is 6. The smallest absolute Gasteiger partial charge is 0.251 e. The first-order valence-electron chi connectivity index (χ1n) is 11.9. The molecule has 0 spiro atoms. The van der Waals surface area contributed by atoms with E-state index in [4.69, 9.17) is 9.97 Å². The maximum absolute atomic E-state index is 12.7. The highest BCUT2D eigenvalue weighted by atomic mass is 16.1. The van der Waals surface area contributed by atoms with Gasteiger partial charge in [0.2, 0.25) is 5.95 Å².